The third kappa shape index (κ3) is 5.23. The fourth-order valence-corrected chi connectivity index (χ4v) is 3.03. The van der Waals surface area contributed by atoms with Gasteiger partial charge >= 0.3 is 0 Å². The monoisotopic (exact) mass is 354 g/mol. The van der Waals surface area contributed by atoms with Gasteiger partial charge in [0.15, 0.2) is 0 Å². The first-order valence-electron chi connectivity index (χ1n) is 9.19. The van der Waals surface area contributed by atoms with E-state index in [1.807, 2.05) is 66.4 Å². The van der Waals surface area contributed by atoms with Gasteiger partial charge in [0.25, 0.3) is 0 Å². The van der Waals surface area contributed by atoms with E-state index in [9.17, 15) is 4.79 Å². The minimum atomic E-state index is -0.0491. The largest absolute Gasteiger partial charge is 0.491 e. The van der Waals surface area contributed by atoms with Crippen molar-refractivity contribution in [2.24, 2.45) is 0 Å². The van der Waals surface area contributed by atoms with Crippen LogP contribution in [0.1, 0.15) is 19.8 Å². The van der Waals surface area contributed by atoms with Gasteiger partial charge in [0.1, 0.15) is 12.4 Å². The zero-order valence-corrected chi connectivity index (χ0v) is 15.2. The lowest BCUT2D eigenvalue weighted by Crippen LogP contribution is -2.33. The quantitative estimate of drug-likeness (QED) is 0.785. The van der Waals surface area contributed by atoms with E-state index in [1.165, 1.54) is 0 Å². The van der Waals surface area contributed by atoms with Gasteiger partial charge in [-0.05, 0) is 44.0 Å². The van der Waals surface area contributed by atoms with Crippen molar-refractivity contribution >= 4 is 17.3 Å². The Morgan fingerprint density at radius 3 is 2.81 bits per heavy atom. The number of rotatable bonds is 8. The fraction of sp³-hybridized carbons (Fsp3) is 0.381. The van der Waals surface area contributed by atoms with Crippen molar-refractivity contribution in [2.45, 2.75) is 25.9 Å². The molecule has 138 valence electrons. The number of amides is 1. The Labute approximate surface area is 154 Å². The Bertz CT molecular complexity index is 699. The summed E-state index contributed by atoms with van der Waals surface area (Å²) in [5, 5.41) is 2.95. The lowest BCUT2D eigenvalue weighted by Gasteiger charge is -2.22. The predicted molar refractivity (Wildman–Crippen MR) is 104 cm³/mol. The summed E-state index contributed by atoms with van der Waals surface area (Å²) in [7, 11) is 0. The highest BCUT2D eigenvalue weighted by atomic mass is 16.5. The zero-order chi connectivity index (χ0) is 18.2. The van der Waals surface area contributed by atoms with Gasteiger partial charge in [0.05, 0.1) is 12.6 Å². The van der Waals surface area contributed by atoms with Crippen LogP contribution in [0.15, 0.2) is 54.6 Å². The smallest absolute Gasteiger partial charge is 0.243 e. The summed E-state index contributed by atoms with van der Waals surface area (Å²) in [6.07, 6.45) is 2.32. The fourth-order valence-electron chi connectivity index (χ4n) is 3.03. The molecule has 0 aliphatic carbocycles. The lowest BCUT2D eigenvalue weighted by molar-refractivity contribution is -0.115. The van der Waals surface area contributed by atoms with Crippen molar-refractivity contribution in [3.63, 3.8) is 0 Å². The molecule has 1 N–H and O–H groups in total. The molecule has 0 spiro atoms. The highest BCUT2D eigenvalue weighted by Crippen LogP contribution is 2.20. The summed E-state index contributed by atoms with van der Waals surface area (Å²) in [6.45, 7) is 4.48. The molecule has 5 nitrogen and oxygen atoms in total. The molecule has 1 fully saturated rings. The molecular formula is C21H26N2O3. The minimum absolute atomic E-state index is 0.0491. The lowest BCUT2D eigenvalue weighted by atomic mass is 10.2. The van der Waals surface area contributed by atoms with Crippen molar-refractivity contribution in [1.29, 1.82) is 0 Å². The molecule has 0 bridgehead atoms. The molecule has 1 atom stereocenters. The summed E-state index contributed by atoms with van der Waals surface area (Å²) in [6, 6.07) is 17.4. The number of ether oxygens (including phenoxy) is 2. The first-order chi connectivity index (χ1) is 12.7. The van der Waals surface area contributed by atoms with Crippen molar-refractivity contribution in [3.8, 4) is 5.75 Å². The summed E-state index contributed by atoms with van der Waals surface area (Å²) in [4.78, 5) is 14.5. The second-order valence-electron chi connectivity index (χ2n) is 6.37. The van der Waals surface area contributed by atoms with E-state index in [1.54, 1.807) is 0 Å². The van der Waals surface area contributed by atoms with Crippen LogP contribution in [0.2, 0.25) is 0 Å². The number of nitrogens with one attached hydrogen (secondary N) is 1. The zero-order valence-electron chi connectivity index (χ0n) is 15.2. The van der Waals surface area contributed by atoms with Crippen LogP contribution >= 0.6 is 0 Å². The molecular weight excluding hydrogens is 328 g/mol. The molecule has 1 aliphatic heterocycles. The minimum Gasteiger partial charge on any atom is -0.491 e. The molecule has 0 radical (unpaired) electrons. The third-order valence-corrected chi connectivity index (χ3v) is 4.42. The van der Waals surface area contributed by atoms with Gasteiger partial charge in [-0.15, -0.1) is 0 Å². The van der Waals surface area contributed by atoms with Crippen LogP contribution in [0.25, 0.3) is 0 Å². The maximum Gasteiger partial charge on any atom is 0.243 e. The van der Waals surface area contributed by atoms with E-state index in [0.29, 0.717) is 13.2 Å². The summed E-state index contributed by atoms with van der Waals surface area (Å²) >= 11 is 0. The maximum atomic E-state index is 12.4. The Morgan fingerprint density at radius 2 is 2.08 bits per heavy atom. The van der Waals surface area contributed by atoms with Gasteiger partial charge in [-0.1, -0.05) is 24.3 Å². The van der Waals surface area contributed by atoms with Crippen molar-refractivity contribution < 1.29 is 14.3 Å². The molecule has 1 heterocycles. The summed E-state index contributed by atoms with van der Waals surface area (Å²) in [5.41, 5.74) is 1.78. The Kier molecular flexibility index (Phi) is 6.50. The molecule has 1 unspecified atom stereocenters. The number of nitrogens with zero attached hydrogens (tertiary/aromatic N) is 1. The summed E-state index contributed by atoms with van der Waals surface area (Å²) in [5.74, 6) is 0.695. The number of carbonyl (C=O) groups is 1. The van der Waals surface area contributed by atoms with Crippen LogP contribution in [0.5, 0.6) is 5.75 Å². The number of para-hydroxylation sites is 1. The van der Waals surface area contributed by atoms with Gasteiger partial charge in [0.2, 0.25) is 5.91 Å². The number of benzene rings is 2. The molecule has 1 amide bonds. The van der Waals surface area contributed by atoms with Crippen LogP contribution in [0.4, 0.5) is 11.4 Å². The second kappa shape index (κ2) is 9.25. The molecule has 0 aromatic heterocycles. The highest BCUT2D eigenvalue weighted by Gasteiger charge is 2.16. The van der Waals surface area contributed by atoms with Crippen LogP contribution in [0.3, 0.4) is 0 Å². The van der Waals surface area contributed by atoms with E-state index in [-0.39, 0.29) is 12.0 Å². The van der Waals surface area contributed by atoms with E-state index >= 15 is 0 Å². The number of hydrogen-bond donors (Lipinski definition) is 1. The number of anilines is 2. The predicted octanol–water partition coefficient (Wildman–Crippen LogP) is 3.71. The Balaban J connectivity index is 1.54. The number of hydrogen-bond acceptors (Lipinski definition) is 4. The molecule has 2 aromatic rings. The average molecular weight is 354 g/mol. The van der Waals surface area contributed by atoms with E-state index in [4.69, 9.17) is 9.47 Å². The van der Waals surface area contributed by atoms with Gasteiger partial charge < -0.3 is 19.7 Å². The molecule has 26 heavy (non-hydrogen) atoms. The van der Waals surface area contributed by atoms with Gasteiger partial charge in [-0.3, -0.25) is 4.79 Å². The van der Waals surface area contributed by atoms with E-state index in [2.05, 4.69) is 5.32 Å². The van der Waals surface area contributed by atoms with Crippen molar-refractivity contribution in [1.82, 2.24) is 0 Å². The van der Waals surface area contributed by atoms with Crippen molar-refractivity contribution in [2.75, 3.05) is 36.5 Å². The van der Waals surface area contributed by atoms with Gasteiger partial charge in [-0.25, -0.2) is 0 Å². The Hall–Kier alpha value is -2.53. The molecule has 2 aromatic carbocycles. The summed E-state index contributed by atoms with van der Waals surface area (Å²) < 4.78 is 11.4. The first kappa shape index (κ1) is 18.3. The number of carbonyl (C=O) groups excluding carboxylic acids is 1. The van der Waals surface area contributed by atoms with Gasteiger partial charge in [0, 0.05) is 30.6 Å². The molecule has 3 rings (SSSR count). The molecule has 1 aliphatic rings. The SMILES string of the molecule is CCN(CC(=O)Nc1cccc(OCC2CCCO2)c1)c1ccccc1. The average Bonchev–Trinajstić information content (AvgIpc) is 3.19. The number of likely N-dealkylation sites (N-methyl/N-ethyl adjacent to an activating group) is 1. The van der Waals surface area contributed by atoms with Crippen LogP contribution < -0.4 is 15.0 Å². The normalized spacial score (nSPS) is 16.3. The third-order valence-electron chi connectivity index (χ3n) is 4.42. The first-order valence-corrected chi connectivity index (χ1v) is 9.19. The molecule has 5 heteroatoms. The van der Waals surface area contributed by atoms with E-state index < -0.39 is 0 Å². The maximum absolute atomic E-state index is 12.4. The van der Waals surface area contributed by atoms with E-state index in [0.717, 1.165) is 43.1 Å². The second-order valence-corrected chi connectivity index (χ2v) is 6.37. The van der Waals surface area contributed by atoms with Crippen LogP contribution in [-0.4, -0.2) is 38.3 Å². The highest BCUT2D eigenvalue weighted by molar-refractivity contribution is 5.94. The standard InChI is InChI=1S/C21H26N2O3/c1-2-23(18-9-4-3-5-10-18)15-21(24)22-17-8-6-11-19(14-17)26-16-20-12-7-13-25-20/h3-6,8-11,14,20H,2,7,12-13,15-16H2,1H3,(H,22,24). The van der Waals surface area contributed by atoms with Crippen LogP contribution in [0, 0.1) is 0 Å². The molecule has 1 saturated heterocycles. The van der Waals surface area contributed by atoms with Gasteiger partial charge in [-0.2, -0.15) is 0 Å². The topological polar surface area (TPSA) is 50.8 Å². The Morgan fingerprint density at radius 1 is 1.23 bits per heavy atom. The molecule has 0 saturated carbocycles. The van der Waals surface area contributed by atoms with Crippen LogP contribution in [-0.2, 0) is 9.53 Å². The van der Waals surface area contributed by atoms with Crippen molar-refractivity contribution in [3.05, 3.63) is 54.6 Å².